The minimum absolute atomic E-state index is 0.0178. The molecule has 1 heterocycles. The second-order valence-electron chi connectivity index (χ2n) is 13.2. The van der Waals surface area contributed by atoms with Crippen LogP contribution < -0.4 is 10.9 Å². The first-order valence-electron chi connectivity index (χ1n) is 17.0. The van der Waals surface area contributed by atoms with Crippen molar-refractivity contribution in [2.75, 3.05) is 0 Å². The summed E-state index contributed by atoms with van der Waals surface area (Å²) in [5, 5.41) is 10.8. The van der Waals surface area contributed by atoms with E-state index in [1.165, 1.54) is 49.2 Å². The third kappa shape index (κ3) is 13.8. The Balaban J connectivity index is 0.000000501. The van der Waals surface area contributed by atoms with Gasteiger partial charge < -0.3 is 4.57 Å². The standard InChI is InChI=1S/C29H43N5O4.C7H8O3S/c1-22(2)18-26(25(29(37)32-38)15-9-14-23-10-5-3-6-11-23)28(36)31-34(19-24-12-7-4-8-13-24)27(35)20-33-17-16-30-21-33;1-6-2-4-7(5-3-6)11(8,9)10/h4,7-8,12-13,16-17,21-23,25-26,38H,3,5-6,9-11,14-15,18-20H2,1-2H3,(H,31,36)(H,32,37);2-5H,1H3,(H,8,9,10)/t25-,26+;/m0./s1. The van der Waals surface area contributed by atoms with Crippen LogP contribution in [0.4, 0.5) is 0 Å². The molecule has 0 aliphatic heterocycles. The molecule has 12 nitrogen and oxygen atoms in total. The van der Waals surface area contributed by atoms with Crippen LogP contribution in [-0.2, 0) is 37.6 Å². The average molecular weight is 698 g/mol. The third-order valence-corrected chi connectivity index (χ3v) is 9.64. The van der Waals surface area contributed by atoms with Crippen molar-refractivity contribution in [3.63, 3.8) is 0 Å². The number of amides is 3. The first-order valence-corrected chi connectivity index (χ1v) is 18.4. The van der Waals surface area contributed by atoms with Crippen LogP contribution in [0.1, 0.15) is 82.8 Å². The quantitative estimate of drug-likeness (QED) is 0.0942. The molecule has 49 heavy (non-hydrogen) atoms. The molecule has 0 bridgehead atoms. The van der Waals surface area contributed by atoms with Gasteiger partial charge in [-0.25, -0.2) is 15.5 Å². The number of hydrogen-bond donors (Lipinski definition) is 4. The van der Waals surface area contributed by atoms with Crippen LogP contribution >= 0.6 is 0 Å². The van der Waals surface area contributed by atoms with E-state index in [1.807, 2.05) is 51.1 Å². The second kappa shape index (κ2) is 19.8. The topological polar surface area (TPSA) is 171 Å². The van der Waals surface area contributed by atoms with Crippen molar-refractivity contribution in [2.45, 2.75) is 96.5 Å². The maximum absolute atomic E-state index is 13.7. The molecule has 1 aliphatic carbocycles. The summed E-state index contributed by atoms with van der Waals surface area (Å²) >= 11 is 0. The molecule has 0 spiro atoms. The summed E-state index contributed by atoms with van der Waals surface area (Å²) in [5.41, 5.74) is 6.45. The highest BCUT2D eigenvalue weighted by Crippen LogP contribution is 2.31. The minimum Gasteiger partial charge on any atom is -0.328 e. The Morgan fingerprint density at radius 3 is 2.22 bits per heavy atom. The maximum Gasteiger partial charge on any atom is 0.294 e. The fraction of sp³-hybridized carbons (Fsp3) is 0.500. The first kappa shape index (κ1) is 39.4. The van der Waals surface area contributed by atoms with Crippen LogP contribution in [0.15, 0.2) is 78.2 Å². The Hall–Kier alpha value is -4.07. The first-order chi connectivity index (χ1) is 23.4. The van der Waals surface area contributed by atoms with Gasteiger partial charge in [0, 0.05) is 12.4 Å². The minimum atomic E-state index is -4.02. The summed E-state index contributed by atoms with van der Waals surface area (Å²) in [6.07, 6.45) is 13.9. The highest BCUT2D eigenvalue weighted by molar-refractivity contribution is 7.85. The maximum atomic E-state index is 13.7. The molecule has 13 heteroatoms. The summed E-state index contributed by atoms with van der Waals surface area (Å²) in [6.45, 7) is 6.05. The van der Waals surface area contributed by atoms with Gasteiger partial charge in [-0.2, -0.15) is 8.42 Å². The molecule has 2 aromatic carbocycles. The Morgan fingerprint density at radius 2 is 1.65 bits per heavy atom. The average Bonchev–Trinajstić information content (AvgIpc) is 3.59. The molecule has 3 aromatic rings. The lowest BCUT2D eigenvalue weighted by Crippen LogP contribution is -2.51. The summed E-state index contributed by atoms with van der Waals surface area (Å²) in [4.78, 5) is 43.7. The molecular formula is C36H51N5O7S. The van der Waals surface area contributed by atoms with E-state index in [-0.39, 0.29) is 35.7 Å². The van der Waals surface area contributed by atoms with Crippen LogP contribution in [0.5, 0.6) is 0 Å². The molecule has 1 aliphatic rings. The van der Waals surface area contributed by atoms with E-state index in [2.05, 4.69) is 10.4 Å². The van der Waals surface area contributed by atoms with Gasteiger partial charge in [-0.3, -0.25) is 29.6 Å². The third-order valence-electron chi connectivity index (χ3n) is 8.77. The number of imidazole rings is 1. The number of carbonyl (C=O) groups is 3. The number of hydrazine groups is 1. The summed E-state index contributed by atoms with van der Waals surface area (Å²) < 4.78 is 31.2. The molecule has 1 saturated carbocycles. The molecule has 1 aromatic heterocycles. The number of aryl methyl sites for hydroxylation is 1. The molecule has 1 fully saturated rings. The zero-order chi connectivity index (χ0) is 35.8. The number of nitrogens with one attached hydrogen (secondary N) is 2. The SMILES string of the molecule is CC(C)C[C@@H](C(=O)NN(Cc1ccccc1)C(=O)Cn1ccnc1)[C@H](CCCC1CCCCC1)C(=O)NO.Cc1ccc(S(=O)(=O)O)cc1. The van der Waals surface area contributed by atoms with Gasteiger partial charge in [0.05, 0.1) is 29.6 Å². The lowest BCUT2D eigenvalue weighted by Gasteiger charge is -2.30. The molecule has 3 amide bonds. The molecule has 0 unspecified atom stereocenters. The van der Waals surface area contributed by atoms with Gasteiger partial charge in [0.15, 0.2) is 0 Å². The van der Waals surface area contributed by atoms with Gasteiger partial charge in [-0.05, 0) is 49.3 Å². The summed E-state index contributed by atoms with van der Waals surface area (Å²) in [7, 11) is -4.02. The Morgan fingerprint density at radius 1 is 0.980 bits per heavy atom. The normalized spacial score (nSPS) is 14.7. The Kier molecular flexibility index (Phi) is 15.9. The van der Waals surface area contributed by atoms with Gasteiger partial charge >= 0.3 is 0 Å². The fourth-order valence-electron chi connectivity index (χ4n) is 6.17. The molecule has 0 radical (unpaired) electrons. The molecule has 2 atom stereocenters. The monoisotopic (exact) mass is 697 g/mol. The number of hydroxylamine groups is 1. The van der Waals surface area contributed by atoms with E-state index in [1.54, 1.807) is 40.9 Å². The molecule has 4 N–H and O–H groups in total. The van der Waals surface area contributed by atoms with Gasteiger partial charge in [0.2, 0.25) is 11.8 Å². The van der Waals surface area contributed by atoms with Crippen LogP contribution in [-0.4, -0.2) is 50.5 Å². The number of benzene rings is 2. The van der Waals surface area contributed by atoms with Gasteiger partial charge in [0.25, 0.3) is 16.0 Å². The molecule has 268 valence electrons. The number of nitrogens with zero attached hydrogens (tertiary/aromatic N) is 3. The van der Waals surface area contributed by atoms with Crippen molar-refractivity contribution in [3.8, 4) is 0 Å². The zero-order valence-corrected chi connectivity index (χ0v) is 29.5. The number of rotatable bonds is 14. The van der Waals surface area contributed by atoms with E-state index >= 15 is 0 Å². The van der Waals surface area contributed by atoms with E-state index < -0.39 is 27.9 Å². The van der Waals surface area contributed by atoms with E-state index in [0.717, 1.165) is 24.0 Å². The van der Waals surface area contributed by atoms with Crippen molar-refractivity contribution in [2.24, 2.45) is 23.7 Å². The predicted molar refractivity (Wildman–Crippen MR) is 185 cm³/mol. The molecule has 4 rings (SSSR count). The van der Waals surface area contributed by atoms with Crippen molar-refractivity contribution in [1.29, 1.82) is 0 Å². The largest absolute Gasteiger partial charge is 0.328 e. The van der Waals surface area contributed by atoms with E-state index in [4.69, 9.17) is 4.55 Å². The van der Waals surface area contributed by atoms with E-state index in [0.29, 0.717) is 18.8 Å². The lowest BCUT2D eigenvalue weighted by molar-refractivity contribution is -0.148. The number of aromatic nitrogens is 2. The van der Waals surface area contributed by atoms with Crippen LogP contribution in [0, 0.1) is 30.6 Å². The van der Waals surface area contributed by atoms with E-state index in [9.17, 15) is 28.0 Å². The van der Waals surface area contributed by atoms with Crippen molar-refractivity contribution in [1.82, 2.24) is 25.5 Å². The summed E-state index contributed by atoms with van der Waals surface area (Å²) in [6, 6.07) is 15.4. The van der Waals surface area contributed by atoms with Crippen molar-refractivity contribution in [3.05, 3.63) is 84.4 Å². The van der Waals surface area contributed by atoms with Gasteiger partial charge in [-0.1, -0.05) is 107 Å². The highest BCUT2D eigenvalue weighted by Gasteiger charge is 2.35. The van der Waals surface area contributed by atoms with Crippen LogP contribution in [0.2, 0.25) is 0 Å². The number of carbonyl (C=O) groups excluding carboxylic acids is 3. The summed E-state index contributed by atoms with van der Waals surface area (Å²) in [5.74, 6) is -1.80. The Bertz CT molecular complexity index is 1540. The zero-order valence-electron chi connectivity index (χ0n) is 28.7. The predicted octanol–water partition coefficient (Wildman–Crippen LogP) is 5.72. The highest BCUT2D eigenvalue weighted by atomic mass is 32.2. The lowest BCUT2D eigenvalue weighted by atomic mass is 9.79. The van der Waals surface area contributed by atoms with Crippen molar-refractivity contribution >= 4 is 27.8 Å². The van der Waals surface area contributed by atoms with Gasteiger partial charge in [0.1, 0.15) is 6.54 Å². The molecule has 0 saturated heterocycles. The number of hydrogen-bond acceptors (Lipinski definition) is 7. The fourth-order valence-corrected chi connectivity index (χ4v) is 6.65. The van der Waals surface area contributed by atoms with Gasteiger partial charge in [-0.15, -0.1) is 0 Å². The van der Waals surface area contributed by atoms with Crippen LogP contribution in [0.3, 0.4) is 0 Å². The smallest absolute Gasteiger partial charge is 0.294 e. The van der Waals surface area contributed by atoms with Crippen LogP contribution in [0.25, 0.3) is 0 Å². The second-order valence-corrected chi connectivity index (χ2v) is 14.6. The Labute approximate surface area is 290 Å². The van der Waals surface area contributed by atoms with Crippen molar-refractivity contribution < 1.29 is 32.6 Å². The molecular weight excluding hydrogens is 646 g/mol.